The maximum atomic E-state index is 5.00. The maximum absolute atomic E-state index is 5.00. The smallest absolute Gasteiger partial charge is 0.232 e. The Labute approximate surface area is 78.7 Å². The van der Waals surface area contributed by atoms with Gasteiger partial charge in [0, 0.05) is 29.0 Å². The highest BCUT2D eigenvalue weighted by Gasteiger charge is 2.20. The van der Waals surface area contributed by atoms with Gasteiger partial charge in [-0.05, 0) is 18.8 Å². The van der Waals surface area contributed by atoms with Crippen molar-refractivity contribution in [2.75, 3.05) is 0 Å². The number of aromatic nitrogens is 2. The molecule has 1 aromatic rings. The summed E-state index contributed by atoms with van der Waals surface area (Å²) in [5.74, 6) is 1.62. The number of rotatable bonds is 2. The third-order valence-electron chi connectivity index (χ3n) is 2.13. The molecular formula is C7H9IN2O. The molecule has 0 radical (unpaired) electrons. The molecule has 0 N–H and O–H groups in total. The summed E-state index contributed by atoms with van der Waals surface area (Å²) in [6, 6.07) is 0. The Bertz CT molecular complexity index is 244. The van der Waals surface area contributed by atoms with Crippen molar-refractivity contribution in [3.8, 4) is 0 Å². The summed E-state index contributed by atoms with van der Waals surface area (Å²) in [6.07, 6.45) is 5.02. The molecule has 4 heteroatoms. The van der Waals surface area contributed by atoms with E-state index in [4.69, 9.17) is 4.52 Å². The van der Waals surface area contributed by atoms with E-state index in [0.717, 1.165) is 22.1 Å². The van der Waals surface area contributed by atoms with Gasteiger partial charge in [-0.25, -0.2) is 0 Å². The van der Waals surface area contributed by atoms with Crippen LogP contribution in [-0.4, -0.2) is 10.1 Å². The number of hydrogen-bond acceptors (Lipinski definition) is 3. The summed E-state index contributed by atoms with van der Waals surface area (Å²) in [6.45, 7) is 0. The minimum Gasteiger partial charge on any atom is -0.339 e. The molecule has 1 saturated carbocycles. The molecular weight excluding hydrogens is 255 g/mol. The van der Waals surface area contributed by atoms with E-state index in [1.807, 2.05) is 0 Å². The molecule has 1 fully saturated rings. The molecule has 11 heavy (non-hydrogen) atoms. The highest BCUT2D eigenvalue weighted by atomic mass is 127. The number of halogens is 1. The van der Waals surface area contributed by atoms with Gasteiger partial charge in [0.25, 0.3) is 0 Å². The lowest BCUT2D eigenvalue weighted by Gasteiger charge is -2.23. The lowest BCUT2D eigenvalue weighted by atomic mass is 9.83. The third kappa shape index (κ3) is 1.72. The zero-order chi connectivity index (χ0) is 7.68. The average molecular weight is 264 g/mol. The first-order valence-electron chi connectivity index (χ1n) is 3.82. The molecule has 0 aromatic carbocycles. The van der Waals surface area contributed by atoms with E-state index < -0.39 is 0 Å². The van der Waals surface area contributed by atoms with Gasteiger partial charge in [0.1, 0.15) is 0 Å². The van der Waals surface area contributed by atoms with Gasteiger partial charge in [-0.3, -0.25) is 0 Å². The van der Waals surface area contributed by atoms with E-state index >= 15 is 0 Å². The van der Waals surface area contributed by atoms with Crippen LogP contribution < -0.4 is 0 Å². The summed E-state index contributed by atoms with van der Waals surface area (Å²) in [4.78, 5) is 4.14. The summed E-state index contributed by atoms with van der Waals surface area (Å²) in [7, 11) is 0. The molecule has 0 atom stereocenters. The Morgan fingerprint density at radius 2 is 2.36 bits per heavy atom. The van der Waals surface area contributed by atoms with E-state index in [0.29, 0.717) is 0 Å². The second-order valence-corrected chi connectivity index (χ2v) is 3.92. The van der Waals surface area contributed by atoms with Crippen LogP contribution >= 0.6 is 22.6 Å². The topological polar surface area (TPSA) is 38.9 Å². The van der Waals surface area contributed by atoms with E-state index in [1.54, 1.807) is 0 Å². The molecule has 0 amide bonds. The van der Waals surface area contributed by atoms with Crippen LogP contribution in [0, 0.1) is 9.75 Å². The Balaban J connectivity index is 1.95. The molecule has 1 aliphatic carbocycles. The number of hydrogen-bond donors (Lipinski definition) is 0. The van der Waals surface area contributed by atoms with Crippen molar-refractivity contribution < 1.29 is 4.52 Å². The van der Waals surface area contributed by atoms with E-state index in [-0.39, 0.29) is 0 Å². The molecule has 1 aliphatic rings. The zero-order valence-electron chi connectivity index (χ0n) is 6.09. The van der Waals surface area contributed by atoms with Gasteiger partial charge in [0.05, 0.1) is 0 Å². The highest BCUT2D eigenvalue weighted by molar-refractivity contribution is 14.1. The minimum atomic E-state index is 0.719. The zero-order valence-corrected chi connectivity index (χ0v) is 8.24. The lowest BCUT2D eigenvalue weighted by Crippen LogP contribution is -2.13. The summed E-state index contributed by atoms with van der Waals surface area (Å²) in [5, 5.41) is 3.73. The fourth-order valence-corrected chi connectivity index (χ4v) is 1.63. The molecule has 1 aromatic heterocycles. The van der Waals surface area contributed by atoms with Gasteiger partial charge in [-0.2, -0.15) is 4.98 Å². The van der Waals surface area contributed by atoms with Crippen molar-refractivity contribution in [2.24, 2.45) is 5.92 Å². The highest BCUT2D eigenvalue weighted by Crippen LogP contribution is 2.29. The largest absolute Gasteiger partial charge is 0.339 e. The number of nitrogens with zero attached hydrogens (tertiary/aromatic N) is 2. The van der Waals surface area contributed by atoms with Crippen molar-refractivity contribution >= 4 is 22.6 Å². The standard InChI is InChI=1S/C7H9IN2O/c8-7-9-6(11-10-7)4-5-2-1-3-5/h5H,1-4H2. The third-order valence-corrected chi connectivity index (χ3v) is 2.57. The monoisotopic (exact) mass is 264 g/mol. The molecule has 0 spiro atoms. The molecule has 0 unspecified atom stereocenters. The molecule has 1 heterocycles. The van der Waals surface area contributed by atoms with E-state index in [2.05, 4.69) is 32.7 Å². The van der Waals surface area contributed by atoms with Crippen LogP contribution in [0.4, 0.5) is 0 Å². The van der Waals surface area contributed by atoms with Crippen LogP contribution in [0.5, 0.6) is 0 Å². The molecule has 3 nitrogen and oxygen atoms in total. The first-order chi connectivity index (χ1) is 5.34. The Hall–Kier alpha value is -0.130. The summed E-state index contributed by atoms with van der Waals surface area (Å²) in [5.41, 5.74) is 0. The van der Waals surface area contributed by atoms with Crippen molar-refractivity contribution in [2.45, 2.75) is 25.7 Å². The average Bonchev–Trinajstić information content (AvgIpc) is 2.27. The van der Waals surface area contributed by atoms with Crippen molar-refractivity contribution in [1.82, 2.24) is 10.1 Å². The van der Waals surface area contributed by atoms with E-state index in [9.17, 15) is 0 Å². The first-order valence-corrected chi connectivity index (χ1v) is 4.90. The SMILES string of the molecule is Ic1noc(CC2CCC2)n1. The Morgan fingerprint density at radius 1 is 1.55 bits per heavy atom. The van der Waals surface area contributed by atoms with Crippen LogP contribution in [0.3, 0.4) is 0 Å². The Kier molecular flexibility index (Phi) is 2.11. The first kappa shape index (κ1) is 7.52. The van der Waals surface area contributed by atoms with Gasteiger partial charge in [-0.1, -0.05) is 11.6 Å². The van der Waals surface area contributed by atoms with Gasteiger partial charge < -0.3 is 4.52 Å². The fraction of sp³-hybridized carbons (Fsp3) is 0.714. The van der Waals surface area contributed by atoms with Crippen LogP contribution in [0.15, 0.2) is 4.52 Å². The van der Waals surface area contributed by atoms with E-state index in [1.165, 1.54) is 19.3 Å². The molecule has 2 rings (SSSR count). The Morgan fingerprint density at radius 3 is 2.82 bits per heavy atom. The van der Waals surface area contributed by atoms with Gasteiger partial charge >= 0.3 is 0 Å². The van der Waals surface area contributed by atoms with Crippen molar-refractivity contribution in [1.29, 1.82) is 0 Å². The lowest BCUT2D eigenvalue weighted by molar-refractivity contribution is 0.273. The predicted molar refractivity (Wildman–Crippen MR) is 48.1 cm³/mol. The van der Waals surface area contributed by atoms with Crippen LogP contribution in [0.1, 0.15) is 25.2 Å². The minimum absolute atomic E-state index is 0.719. The van der Waals surface area contributed by atoms with Crippen LogP contribution in [0.25, 0.3) is 0 Å². The van der Waals surface area contributed by atoms with Gasteiger partial charge in [0.2, 0.25) is 9.72 Å². The van der Waals surface area contributed by atoms with Gasteiger partial charge in [-0.15, -0.1) is 0 Å². The molecule has 0 aliphatic heterocycles. The van der Waals surface area contributed by atoms with Crippen molar-refractivity contribution in [3.63, 3.8) is 0 Å². The second kappa shape index (κ2) is 3.08. The quantitative estimate of drug-likeness (QED) is 0.767. The molecule has 0 saturated heterocycles. The maximum Gasteiger partial charge on any atom is 0.232 e. The normalized spacial score (nSPS) is 18.3. The van der Waals surface area contributed by atoms with Crippen LogP contribution in [0.2, 0.25) is 0 Å². The second-order valence-electron chi connectivity index (χ2n) is 2.96. The van der Waals surface area contributed by atoms with Crippen molar-refractivity contribution in [3.05, 3.63) is 9.72 Å². The van der Waals surface area contributed by atoms with Crippen LogP contribution in [-0.2, 0) is 6.42 Å². The molecule has 0 bridgehead atoms. The predicted octanol–water partition coefficient (Wildman–Crippen LogP) is 2.02. The van der Waals surface area contributed by atoms with Gasteiger partial charge in [0.15, 0.2) is 0 Å². The summed E-state index contributed by atoms with van der Waals surface area (Å²) >= 11 is 2.06. The summed E-state index contributed by atoms with van der Waals surface area (Å²) < 4.78 is 5.72. The molecule has 60 valence electrons. The fourth-order valence-electron chi connectivity index (χ4n) is 1.26.